The average molecular weight is 241 g/mol. The molecule has 1 heterocycles. The van der Waals surface area contributed by atoms with Crippen LogP contribution in [0.25, 0.3) is 0 Å². The number of rotatable bonds is 5. The molecule has 0 aromatic rings. The highest BCUT2D eigenvalue weighted by molar-refractivity contribution is 4.96. The Morgan fingerprint density at radius 3 is 2.29 bits per heavy atom. The van der Waals surface area contributed by atoms with E-state index in [2.05, 4.69) is 32.6 Å². The standard InChI is InChI=1S/C14H27NO2/c1-11(2)16-10-14(5-6-14)9-15-7-12(3)17-13(4)8-15/h11-13H,5-10H2,1-4H3/t12-,13+. The fourth-order valence-corrected chi connectivity index (χ4v) is 2.76. The molecule has 0 N–H and O–H groups in total. The molecule has 3 heteroatoms. The summed E-state index contributed by atoms with van der Waals surface area (Å²) < 4.78 is 11.6. The monoisotopic (exact) mass is 241 g/mol. The summed E-state index contributed by atoms with van der Waals surface area (Å²) in [4.78, 5) is 2.56. The first-order valence-corrected chi connectivity index (χ1v) is 6.98. The highest BCUT2D eigenvalue weighted by Crippen LogP contribution is 2.47. The molecule has 1 saturated heterocycles. The van der Waals surface area contributed by atoms with Gasteiger partial charge in [-0.3, -0.25) is 4.90 Å². The minimum atomic E-state index is 0.356. The second-order valence-electron chi connectivity index (χ2n) is 6.31. The van der Waals surface area contributed by atoms with Crippen molar-refractivity contribution in [1.29, 1.82) is 0 Å². The number of hydrogen-bond donors (Lipinski definition) is 0. The molecule has 0 bridgehead atoms. The first-order chi connectivity index (χ1) is 7.99. The summed E-state index contributed by atoms with van der Waals surface area (Å²) >= 11 is 0. The molecule has 17 heavy (non-hydrogen) atoms. The van der Waals surface area contributed by atoms with E-state index in [0.29, 0.717) is 23.7 Å². The molecule has 2 fully saturated rings. The fraction of sp³-hybridized carbons (Fsp3) is 1.00. The summed E-state index contributed by atoms with van der Waals surface area (Å²) in [7, 11) is 0. The number of ether oxygens (including phenoxy) is 2. The lowest BCUT2D eigenvalue weighted by molar-refractivity contribution is -0.0774. The molecular formula is C14H27NO2. The van der Waals surface area contributed by atoms with Crippen molar-refractivity contribution >= 4 is 0 Å². The van der Waals surface area contributed by atoms with Crippen LogP contribution in [-0.4, -0.2) is 49.5 Å². The van der Waals surface area contributed by atoms with Crippen molar-refractivity contribution in [1.82, 2.24) is 4.90 Å². The van der Waals surface area contributed by atoms with E-state index in [9.17, 15) is 0 Å². The molecule has 0 spiro atoms. The normalized spacial score (nSPS) is 33.0. The lowest BCUT2D eigenvalue weighted by atomic mass is 10.1. The van der Waals surface area contributed by atoms with Crippen LogP contribution in [0.3, 0.4) is 0 Å². The molecule has 0 unspecified atom stereocenters. The van der Waals surface area contributed by atoms with Crippen LogP contribution in [0.5, 0.6) is 0 Å². The van der Waals surface area contributed by atoms with Crippen molar-refractivity contribution in [3.8, 4) is 0 Å². The Hall–Kier alpha value is -0.120. The van der Waals surface area contributed by atoms with Crippen LogP contribution in [0.1, 0.15) is 40.5 Å². The van der Waals surface area contributed by atoms with Crippen LogP contribution >= 0.6 is 0 Å². The molecule has 1 aliphatic carbocycles. The lowest BCUT2D eigenvalue weighted by Gasteiger charge is -2.37. The molecule has 0 radical (unpaired) electrons. The second kappa shape index (κ2) is 5.25. The van der Waals surface area contributed by atoms with Crippen molar-refractivity contribution in [2.75, 3.05) is 26.2 Å². The lowest BCUT2D eigenvalue weighted by Crippen LogP contribution is -2.48. The van der Waals surface area contributed by atoms with Crippen LogP contribution < -0.4 is 0 Å². The summed E-state index contributed by atoms with van der Waals surface area (Å²) in [5, 5.41) is 0. The average Bonchev–Trinajstić information content (AvgIpc) is 2.94. The minimum Gasteiger partial charge on any atom is -0.378 e. The predicted molar refractivity (Wildman–Crippen MR) is 69.2 cm³/mol. The molecule has 0 aromatic heterocycles. The Morgan fingerprint density at radius 1 is 1.24 bits per heavy atom. The van der Waals surface area contributed by atoms with E-state index in [-0.39, 0.29) is 0 Å². The van der Waals surface area contributed by atoms with E-state index in [1.54, 1.807) is 0 Å². The van der Waals surface area contributed by atoms with E-state index < -0.39 is 0 Å². The number of hydrogen-bond acceptors (Lipinski definition) is 3. The smallest absolute Gasteiger partial charge is 0.0678 e. The Kier molecular flexibility index (Phi) is 4.11. The number of morpholine rings is 1. The van der Waals surface area contributed by atoms with Gasteiger partial charge < -0.3 is 9.47 Å². The molecular weight excluding hydrogens is 214 g/mol. The fourth-order valence-electron chi connectivity index (χ4n) is 2.76. The number of nitrogens with zero attached hydrogens (tertiary/aromatic N) is 1. The van der Waals surface area contributed by atoms with E-state index in [0.717, 1.165) is 19.7 Å². The molecule has 2 aliphatic rings. The van der Waals surface area contributed by atoms with Crippen LogP contribution in [0.2, 0.25) is 0 Å². The predicted octanol–water partition coefficient (Wildman–Crippen LogP) is 2.30. The minimum absolute atomic E-state index is 0.356. The Bertz CT molecular complexity index is 241. The van der Waals surface area contributed by atoms with Gasteiger partial charge in [0.1, 0.15) is 0 Å². The van der Waals surface area contributed by atoms with Gasteiger partial charge in [-0.1, -0.05) is 0 Å². The molecule has 1 saturated carbocycles. The van der Waals surface area contributed by atoms with Gasteiger partial charge in [0.25, 0.3) is 0 Å². The van der Waals surface area contributed by atoms with Gasteiger partial charge in [-0.15, -0.1) is 0 Å². The third-order valence-electron chi connectivity index (χ3n) is 3.73. The quantitative estimate of drug-likeness (QED) is 0.737. The summed E-state index contributed by atoms with van der Waals surface area (Å²) in [5.74, 6) is 0. The molecule has 0 aromatic carbocycles. The van der Waals surface area contributed by atoms with Crippen LogP contribution in [-0.2, 0) is 9.47 Å². The zero-order valence-electron chi connectivity index (χ0n) is 11.7. The topological polar surface area (TPSA) is 21.7 Å². The summed E-state index contributed by atoms with van der Waals surface area (Å²) in [5.41, 5.74) is 0.459. The third-order valence-corrected chi connectivity index (χ3v) is 3.73. The third kappa shape index (κ3) is 3.94. The van der Waals surface area contributed by atoms with Crippen molar-refractivity contribution in [2.24, 2.45) is 5.41 Å². The molecule has 1 aliphatic heterocycles. The van der Waals surface area contributed by atoms with Gasteiger partial charge in [0.05, 0.1) is 24.9 Å². The Morgan fingerprint density at radius 2 is 1.82 bits per heavy atom. The Balaban J connectivity index is 1.79. The summed E-state index contributed by atoms with van der Waals surface area (Å²) in [6.07, 6.45) is 3.77. The largest absolute Gasteiger partial charge is 0.378 e. The highest BCUT2D eigenvalue weighted by atomic mass is 16.5. The molecule has 2 rings (SSSR count). The van der Waals surface area contributed by atoms with E-state index in [4.69, 9.17) is 9.47 Å². The highest BCUT2D eigenvalue weighted by Gasteiger charge is 2.45. The van der Waals surface area contributed by atoms with E-state index in [1.807, 2.05) is 0 Å². The Labute approximate surface area is 105 Å². The zero-order chi connectivity index (χ0) is 12.5. The molecule has 2 atom stereocenters. The SMILES string of the molecule is CC(C)OCC1(CN2C[C@@H](C)O[C@@H](C)C2)CC1. The van der Waals surface area contributed by atoms with Crippen molar-refractivity contribution < 1.29 is 9.47 Å². The molecule has 100 valence electrons. The van der Waals surface area contributed by atoms with E-state index in [1.165, 1.54) is 19.4 Å². The van der Waals surface area contributed by atoms with Crippen molar-refractivity contribution in [3.05, 3.63) is 0 Å². The van der Waals surface area contributed by atoms with Crippen LogP contribution in [0.15, 0.2) is 0 Å². The second-order valence-corrected chi connectivity index (χ2v) is 6.31. The van der Waals surface area contributed by atoms with Gasteiger partial charge in [0.15, 0.2) is 0 Å². The maximum Gasteiger partial charge on any atom is 0.0678 e. The zero-order valence-corrected chi connectivity index (χ0v) is 11.7. The maximum absolute atomic E-state index is 5.81. The van der Waals surface area contributed by atoms with Crippen molar-refractivity contribution in [2.45, 2.75) is 58.8 Å². The summed E-state index contributed by atoms with van der Waals surface area (Å²) in [6, 6.07) is 0. The van der Waals surface area contributed by atoms with Gasteiger partial charge >= 0.3 is 0 Å². The van der Waals surface area contributed by atoms with Gasteiger partial charge in [0.2, 0.25) is 0 Å². The van der Waals surface area contributed by atoms with Gasteiger partial charge in [0, 0.05) is 25.0 Å². The summed E-state index contributed by atoms with van der Waals surface area (Å²) in [6.45, 7) is 12.9. The maximum atomic E-state index is 5.81. The molecule has 3 nitrogen and oxygen atoms in total. The van der Waals surface area contributed by atoms with Crippen LogP contribution in [0.4, 0.5) is 0 Å². The van der Waals surface area contributed by atoms with Gasteiger partial charge in [-0.2, -0.15) is 0 Å². The first-order valence-electron chi connectivity index (χ1n) is 6.98. The first kappa shape index (κ1) is 13.3. The van der Waals surface area contributed by atoms with E-state index >= 15 is 0 Å². The van der Waals surface area contributed by atoms with Crippen LogP contribution in [0, 0.1) is 5.41 Å². The van der Waals surface area contributed by atoms with Gasteiger partial charge in [-0.25, -0.2) is 0 Å². The van der Waals surface area contributed by atoms with Crippen molar-refractivity contribution in [3.63, 3.8) is 0 Å². The molecule has 0 amide bonds. The van der Waals surface area contributed by atoms with Gasteiger partial charge in [-0.05, 0) is 40.5 Å².